The highest BCUT2D eigenvalue weighted by Crippen LogP contribution is 2.36. The zero-order valence-electron chi connectivity index (χ0n) is 21.3. The van der Waals surface area contributed by atoms with E-state index in [0.717, 1.165) is 46.4 Å². The number of thiazole rings is 1. The van der Waals surface area contributed by atoms with Gasteiger partial charge in [0.1, 0.15) is 13.2 Å². The Morgan fingerprint density at radius 1 is 0.949 bits per heavy atom. The number of rotatable bonds is 11. The van der Waals surface area contributed by atoms with Crippen LogP contribution in [0, 0.1) is 0 Å². The molecule has 2 N–H and O–H groups in total. The van der Waals surface area contributed by atoms with Crippen molar-refractivity contribution in [3.05, 3.63) is 94.9 Å². The SMILES string of the molecule is O=C(O)CCNC(=O)c1ccc(CN(CCc2ccccc2)c2nc(-c3ccc4c(c3)OCCO4)cs2)cc1. The maximum Gasteiger partial charge on any atom is 0.305 e. The van der Waals surface area contributed by atoms with Crippen molar-refractivity contribution in [2.45, 2.75) is 19.4 Å². The molecule has 39 heavy (non-hydrogen) atoms. The normalized spacial score (nSPS) is 12.1. The molecule has 0 fully saturated rings. The number of hydrogen-bond donors (Lipinski definition) is 2. The minimum atomic E-state index is -0.944. The molecule has 4 aromatic rings. The van der Waals surface area contributed by atoms with Crippen molar-refractivity contribution in [3.63, 3.8) is 0 Å². The Hall–Kier alpha value is -4.37. The monoisotopic (exact) mass is 543 g/mol. The number of carboxylic acid groups (broad SMARTS) is 1. The van der Waals surface area contributed by atoms with E-state index in [4.69, 9.17) is 19.6 Å². The van der Waals surface area contributed by atoms with Crippen molar-refractivity contribution >= 4 is 28.3 Å². The van der Waals surface area contributed by atoms with Crippen molar-refractivity contribution in [2.24, 2.45) is 0 Å². The molecule has 1 amide bonds. The van der Waals surface area contributed by atoms with Crippen LogP contribution in [0.25, 0.3) is 11.3 Å². The van der Waals surface area contributed by atoms with E-state index < -0.39 is 5.97 Å². The smallest absolute Gasteiger partial charge is 0.305 e. The lowest BCUT2D eigenvalue weighted by molar-refractivity contribution is -0.136. The highest BCUT2D eigenvalue weighted by atomic mass is 32.1. The first-order valence-electron chi connectivity index (χ1n) is 12.8. The van der Waals surface area contributed by atoms with Crippen LogP contribution in [0.5, 0.6) is 11.5 Å². The van der Waals surface area contributed by atoms with Gasteiger partial charge in [-0.1, -0.05) is 42.5 Å². The van der Waals surface area contributed by atoms with Crippen LogP contribution in [0.15, 0.2) is 78.2 Å². The first-order valence-corrected chi connectivity index (χ1v) is 13.7. The zero-order valence-corrected chi connectivity index (χ0v) is 22.2. The summed E-state index contributed by atoms with van der Waals surface area (Å²) in [5, 5.41) is 14.4. The Labute approximate surface area is 230 Å². The lowest BCUT2D eigenvalue weighted by Gasteiger charge is -2.22. The Balaban J connectivity index is 1.32. The van der Waals surface area contributed by atoms with Gasteiger partial charge in [0.2, 0.25) is 0 Å². The maximum absolute atomic E-state index is 12.3. The maximum atomic E-state index is 12.3. The number of aromatic nitrogens is 1. The predicted molar refractivity (Wildman–Crippen MR) is 151 cm³/mol. The van der Waals surface area contributed by atoms with Crippen LogP contribution in [-0.2, 0) is 17.8 Å². The molecule has 8 nitrogen and oxygen atoms in total. The van der Waals surface area contributed by atoms with E-state index >= 15 is 0 Å². The van der Waals surface area contributed by atoms with E-state index in [9.17, 15) is 9.59 Å². The predicted octanol–water partition coefficient (Wildman–Crippen LogP) is 5.04. The molecule has 0 unspecified atom stereocenters. The molecule has 0 radical (unpaired) electrons. The number of carbonyl (C=O) groups is 2. The van der Waals surface area contributed by atoms with Gasteiger partial charge in [0.25, 0.3) is 5.91 Å². The summed E-state index contributed by atoms with van der Waals surface area (Å²) in [6.07, 6.45) is 0.756. The average Bonchev–Trinajstić information content (AvgIpc) is 3.46. The van der Waals surface area contributed by atoms with Crippen molar-refractivity contribution in [2.75, 3.05) is 31.2 Å². The fraction of sp³-hybridized carbons (Fsp3) is 0.233. The summed E-state index contributed by atoms with van der Waals surface area (Å²) in [6.45, 7) is 2.59. The summed E-state index contributed by atoms with van der Waals surface area (Å²) in [5.74, 6) is 0.263. The van der Waals surface area contributed by atoms with Gasteiger partial charge in [0.05, 0.1) is 12.1 Å². The number of benzene rings is 3. The first kappa shape index (κ1) is 26.2. The molecule has 3 aromatic carbocycles. The van der Waals surface area contributed by atoms with Crippen LogP contribution in [-0.4, -0.2) is 48.3 Å². The molecule has 1 aliphatic heterocycles. The van der Waals surface area contributed by atoms with Gasteiger partial charge in [-0.3, -0.25) is 9.59 Å². The number of carboxylic acids is 1. The molecule has 0 saturated carbocycles. The van der Waals surface area contributed by atoms with Crippen LogP contribution in [0.2, 0.25) is 0 Å². The van der Waals surface area contributed by atoms with Gasteiger partial charge < -0.3 is 24.8 Å². The number of nitrogens with zero attached hydrogens (tertiary/aromatic N) is 2. The quantitative estimate of drug-likeness (QED) is 0.273. The number of nitrogens with one attached hydrogen (secondary N) is 1. The topological polar surface area (TPSA) is 101 Å². The Morgan fingerprint density at radius 2 is 1.72 bits per heavy atom. The number of aliphatic carboxylic acids is 1. The van der Waals surface area contributed by atoms with Gasteiger partial charge in [-0.05, 0) is 47.9 Å². The fourth-order valence-corrected chi connectivity index (χ4v) is 5.12. The van der Waals surface area contributed by atoms with Gasteiger partial charge in [-0.25, -0.2) is 4.98 Å². The summed E-state index contributed by atoms with van der Waals surface area (Å²) >= 11 is 1.59. The lowest BCUT2D eigenvalue weighted by Crippen LogP contribution is -2.26. The number of hydrogen-bond acceptors (Lipinski definition) is 7. The average molecular weight is 544 g/mol. The number of fused-ring (bicyclic) bond motifs is 1. The molecular formula is C30H29N3O5S. The Bertz CT molecular complexity index is 1420. The first-order chi connectivity index (χ1) is 19.0. The van der Waals surface area contributed by atoms with Gasteiger partial charge in [-0.15, -0.1) is 11.3 Å². The third kappa shape index (κ3) is 6.94. The molecular weight excluding hydrogens is 514 g/mol. The summed E-state index contributed by atoms with van der Waals surface area (Å²) in [5.41, 5.74) is 4.64. The van der Waals surface area contributed by atoms with Crippen molar-refractivity contribution in [3.8, 4) is 22.8 Å². The van der Waals surface area contributed by atoms with Crippen molar-refractivity contribution < 1.29 is 24.2 Å². The Morgan fingerprint density at radius 3 is 2.49 bits per heavy atom. The molecule has 5 rings (SSSR count). The van der Waals surface area contributed by atoms with Crippen LogP contribution in [0.4, 0.5) is 5.13 Å². The standard InChI is InChI=1S/C30H29N3O5S/c34-28(35)12-14-31-29(36)23-8-6-22(7-9-23)19-33(15-13-21-4-2-1-3-5-21)30-32-25(20-39-30)24-10-11-26-27(18-24)38-17-16-37-26/h1-11,18,20H,12-17,19H2,(H,31,36)(H,34,35). The van der Waals surface area contributed by atoms with E-state index in [0.29, 0.717) is 25.3 Å². The molecule has 0 spiro atoms. The molecule has 0 bridgehead atoms. The Kier molecular flexibility index (Phi) is 8.38. The van der Waals surface area contributed by atoms with E-state index in [1.54, 1.807) is 23.5 Å². The molecule has 1 aliphatic rings. The van der Waals surface area contributed by atoms with Gasteiger partial charge in [0.15, 0.2) is 16.6 Å². The molecule has 9 heteroatoms. The second-order valence-corrected chi connectivity index (χ2v) is 9.96. The minimum absolute atomic E-state index is 0.0962. The van der Waals surface area contributed by atoms with Crippen molar-refractivity contribution in [1.82, 2.24) is 10.3 Å². The third-order valence-electron chi connectivity index (χ3n) is 6.33. The molecule has 2 heterocycles. The highest BCUT2D eigenvalue weighted by molar-refractivity contribution is 7.14. The number of anilines is 1. The van der Waals surface area contributed by atoms with Crippen LogP contribution in [0.3, 0.4) is 0 Å². The van der Waals surface area contributed by atoms with Gasteiger partial charge >= 0.3 is 5.97 Å². The number of ether oxygens (including phenoxy) is 2. The molecule has 0 saturated heterocycles. The summed E-state index contributed by atoms with van der Waals surface area (Å²) in [6, 6.07) is 23.6. The molecule has 0 atom stereocenters. The lowest BCUT2D eigenvalue weighted by atomic mass is 10.1. The molecule has 0 aliphatic carbocycles. The summed E-state index contributed by atoms with van der Waals surface area (Å²) in [7, 11) is 0. The largest absolute Gasteiger partial charge is 0.486 e. The minimum Gasteiger partial charge on any atom is -0.486 e. The van der Waals surface area contributed by atoms with E-state index in [2.05, 4.69) is 27.7 Å². The zero-order chi connectivity index (χ0) is 27.0. The van der Waals surface area contributed by atoms with E-state index in [-0.39, 0.29) is 18.9 Å². The van der Waals surface area contributed by atoms with Crippen LogP contribution >= 0.6 is 11.3 Å². The van der Waals surface area contributed by atoms with E-state index in [1.165, 1.54) is 5.56 Å². The van der Waals surface area contributed by atoms with Crippen LogP contribution < -0.4 is 19.7 Å². The van der Waals surface area contributed by atoms with Crippen LogP contribution in [0.1, 0.15) is 27.9 Å². The number of carbonyl (C=O) groups excluding carboxylic acids is 1. The summed E-state index contributed by atoms with van der Waals surface area (Å²) < 4.78 is 11.4. The van der Waals surface area contributed by atoms with Crippen molar-refractivity contribution in [1.29, 1.82) is 0 Å². The molecule has 200 valence electrons. The highest BCUT2D eigenvalue weighted by Gasteiger charge is 2.17. The fourth-order valence-electron chi connectivity index (χ4n) is 4.26. The van der Waals surface area contributed by atoms with Gasteiger partial charge in [-0.2, -0.15) is 0 Å². The third-order valence-corrected chi connectivity index (χ3v) is 7.23. The summed E-state index contributed by atoms with van der Waals surface area (Å²) in [4.78, 5) is 30.2. The molecule has 1 aromatic heterocycles. The van der Waals surface area contributed by atoms with Gasteiger partial charge in [0, 0.05) is 36.1 Å². The second-order valence-electron chi connectivity index (χ2n) is 9.13. The second kappa shape index (κ2) is 12.4. The number of amides is 1. The van der Waals surface area contributed by atoms with E-state index in [1.807, 2.05) is 48.5 Å².